The molecule has 0 aliphatic heterocycles. The van der Waals surface area contributed by atoms with E-state index in [1.165, 1.54) is 12.3 Å². The van der Waals surface area contributed by atoms with E-state index in [1.54, 1.807) is 18.5 Å². The minimum Gasteiger partial charge on any atom is -0.267 e. The lowest BCUT2D eigenvalue weighted by Crippen LogP contribution is -1.97. The molecule has 2 aromatic rings. The van der Waals surface area contributed by atoms with Crippen LogP contribution < -0.4 is 5.56 Å². The Kier molecular flexibility index (Phi) is 1.51. The fourth-order valence-electron chi connectivity index (χ4n) is 0.910. The normalized spacial score (nSPS) is 10.0. The van der Waals surface area contributed by atoms with Crippen molar-refractivity contribution in [2.75, 3.05) is 0 Å². The van der Waals surface area contributed by atoms with E-state index in [2.05, 4.69) is 15.0 Å². The van der Waals surface area contributed by atoms with Crippen LogP contribution in [0.2, 0.25) is 0 Å². The standard InChI is InChI=1S/C8H5N3O/c12-8-2-4-10-7-5-9-3-1-6(7)11-8/h1-5H. The summed E-state index contributed by atoms with van der Waals surface area (Å²) < 4.78 is 0. The Morgan fingerprint density at radius 2 is 2.00 bits per heavy atom. The van der Waals surface area contributed by atoms with Crippen molar-refractivity contribution in [2.24, 2.45) is 0 Å². The number of hydrogen-bond donors (Lipinski definition) is 0. The highest BCUT2D eigenvalue weighted by Crippen LogP contribution is 2.00. The number of nitrogens with zero attached hydrogens (tertiary/aromatic N) is 3. The van der Waals surface area contributed by atoms with Crippen molar-refractivity contribution in [3.8, 4) is 0 Å². The zero-order valence-electron chi connectivity index (χ0n) is 6.14. The topological polar surface area (TPSA) is 55.7 Å². The number of fused-ring (bicyclic) bond motifs is 1. The maximum Gasteiger partial charge on any atom is 0.271 e. The van der Waals surface area contributed by atoms with Gasteiger partial charge in [-0.3, -0.25) is 14.8 Å². The van der Waals surface area contributed by atoms with Gasteiger partial charge in [-0.2, -0.15) is 0 Å². The van der Waals surface area contributed by atoms with Gasteiger partial charge >= 0.3 is 0 Å². The molecule has 2 heterocycles. The van der Waals surface area contributed by atoms with Crippen LogP contribution in [0.25, 0.3) is 11.0 Å². The molecule has 0 aliphatic rings. The first-order valence-electron chi connectivity index (χ1n) is 3.43. The fourth-order valence-corrected chi connectivity index (χ4v) is 0.910. The van der Waals surface area contributed by atoms with E-state index in [-0.39, 0.29) is 5.56 Å². The van der Waals surface area contributed by atoms with Gasteiger partial charge < -0.3 is 0 Å². The lowest BCUT2D eigenvalue weighted by Gasteiger charge is -1.84. The summed E-state index contributed by atoms with van der Waals surface area (Å²) >= 11 is 0. The van der Waals surface area contributed by atoms with Crippen LogP contribution >= 0.6 is 0 Å². The molecule has 4 nitrogen and oxygen atoms in total. The van der Waals surface area contributed by atoms with Gasteiger partial charge in [-0.15, -0.1) is 0 Å². The number of rotatable bonds is 0. The van der Waals surface area contributed by atoms with Gasteiger partial charge in [0.25, 0.3) is 5.56 Å². The highest BCUT2D eigenvalue weighted by Gasteiger charge is 1.91. The quantitative estimate of drug-likeness (QED) is 0.557. The fraction of sp³-hybridized carbons (Fsp3) is 0. The van der Waals surface area contributed by atoms with Crippen molar-refractivity contribution < 1.29 is 0 Å². The monoisotopic (exact) mass is 159 g/mol. The van der Waals surface area contributed by atoms with Crippen molar-refractivity contribution >= 4 is 11.0 Å². The maximum absolute atomic E-state index is 10.9. The zero-order valence-corrected chi connectivity index (χ0v) is 6.14. The van der Waals surface area contributed by atoms with Crippen molar-refractivity contribution in [2.45, 2.75) is 0 Å². The van der Waals surface area contributed by atoms with Crippen LogP contribution in [-0.4, -0.2) is 15.0 Å². The summed E-state index contributed by atoms with van der Waals surface area (Å²) in [5.74, 6) is 0. The smallest absolute Gasteiger partial charge is 0.267 e. The van der Waals surface area contributed by atoms with Crippen LogP contribution in [-0.2, 0) is 0 Å². The number of pyridine rings is 1. The first kappa shape index (κ1) is 6.84. The van der Waals surface area contributed by atoms with E-state index >= 15 is 0 Å². The molecule has 0 atom stereocenters. The third-order valence-electron chi connectivity index (χ3n) is 1.44. The van der Waals surface area contributed by atoms with Crippen molar-refractivity contribution in [1.82, 2.24) is 15.0 Å². The Morgan fingerprint density at radius 1 is 1.08 bits per heavy atom. The van der Waals surface area contributed by atoms with Crippen molar-refractivity contribution in [3.63, 3.8) is 0 Å². The molecular weight excluding hydrogens is 154 g/mol. The predicted octanol–water partition coefficient (Wildman–Crippen LogP) is 0.385. The molecule has 0 saturated carbocycles. The second kappa shape index (κ2) is 2.65. The Hall–Kier alpha value is -1.84. The van der Waals surface area contributed by atoms with Gasteiger partial charge in [0.15, 0.2) is 0 Å². The molecule has 0 N–H and O–H groups in total. The third kappa shape index (κ3) is 1.14. The molecule has 0 fully saturated rings. The van der Waals surface area contributed by atoms with E-state index in [0.717, 1.165) is 0 Å². The molecule has 2 rings (SSSR count). The first-order chi connectivity index (χ1) is 5.86. The van der Waals surface area contributed by atoms with Crippen LogP contribution in [0, 0.1) is 0 Å². The van der Waals surface area contributed by atoms with Crippen LogP contribution in [0.3, 0.4) is 0 Å². The first-order valence-corrected chi connectivity index (χ1v) is 3.43. The van der Waals surface area contributed by atoms with Gasteiger partial charge in [-0.05, 0) is 6.07 Å². The van der Waals surface area contributed by atoms with E-state index in [9.17, 15) is 4.79 Å². The minimum absolute atomic E-state index is 0.288. The molecule has 0 saturated heterocycles. The molecule has 0 aliphatic carbocycles. The summed E-state index contributed by atoms with van der Waals surface area (Å²) in [6.45, 7) is 0. The van der Waals surface area contributed by atoms with Crippen LogP contribution in [0.5, 0.6) is 0 Å². The lowest BCUT2D eigenvalue weighted by molar-refractivity contribution is 1.29. The molecular formula is C8H5N3O. The average molecular weight is 159 g/mol. The summed E-state index contributed by atoms with van der Waals surface area (Å²) in [4.78, 5) is 22.5. The molecule has 2 aromatic heterocycles. The van der Waals surface area contributed by atoms with Gasteiger partial charge in [-0.25, -0.2) is 4.98 Å². The van der Waals surface area contributed by atoms with Gasteiger partial charge in [-0.1, -0.05) is 0 Å². The van der Waals surface area contributed by atoms with E-state index in [0.29, 0.717) is 11.0 Å². The van der Waals surface area contributed by atoms with Crippen LogP contribution in [0.1, 0.15) is 0 Å². The highest BCUT2D eigenvalue weighted by atomic mass is 16.1. The SMILES string of the molecule is O=c1ccnc2cnccc2n1. The predicted molar refractivity (Wildman–Crippen MR) is 43.6 cm³/mol. The molecule has 0 radical (unpaired) electrons. The summed E-state index contributed by atoms with van der Waals surface area (Å²) in [6.07, 6.45) is 4.58. The second-order valence-corrected chi connectivity index (χ2v) is 2.26. The zero-order chi connectivity index (χ0) is 8.39. The van der Waals surface area contributed by atoms with Gasteiger partial charge in [0, 0.05) is 18.5 Å². The largest absolute Gasteiger partial charge is 0.271 e. The third-order valence-corrected chi connectivity index (χ3v) is 1.44. The summed E-state index contributed by atoms with van der Waals surface area (Å²) in [6, 6.07) is 2.98. The molecule has 0 spiro atoms. The van der Waals surface area contributed by atoms with Crippen molar-refractivity contribution in [3.05, 3.63) is 41.1 Å². The Bertz CT molecular complexity index is 469. The Labute approximate surface area is 67.9 Å². The van der Waals surface area contributed by atoms with Gasteiger partial charge in [0.1, 0.15) is 5.52 Å². The summed E-state index contributed by atoms with van der Waals surface area (Å²) in [5, 5.41) is 0. The van der Waals surface area contributed by atoms with E-state index in [1.807, 2.05) is 0 Å². The molecule has 4 heteroatoms. The van der Waals surface area contributed by atoms with Crippen molar-refractivity contribution in [1.29, 1.82) is 0 Å². The van der Waals surface area contributed by atoms with E-state index < -0.39 is 0 Å². The van der Waals surface area contributed by atoms with Crippen LogP contribution in [0.15, 0.2) is 35.5 Å². The molecule has 0 aromatic carbocycles. The lowest BCUT2D eigenvalue weighted by atomic mass is 10.4. The van der Waals surface area contributed by atoms with Crippen LogP contribution in [0.4, 0.5) is 0 Å². The molecule has 0 bridgehead atoms. The highest BCUT2D eigenvalue weighted by molar-refractivity contribution is 5.71. The summed E-state index contributed by atoms with van der Waals surface area (Å²) in [5.41, 5.74) is 0.906. The van der Waals surface area contributed by atoms with Gasteiger partial charge in [0.2, 0.25) is 0 Å². The van der Waals surface area contributed by atoms with E-state index in [4.69, 9.17) is 0 Å². The maximum atomic E-state index is 10.9. The number of hydrogen-bond acceptors (Lipinski definition) is 4. The molecule has 0 amide bonds. The number of aromatic nitrogens is 3. The minimum atomic E-state index is -0.288. The summed E-state index contributed by atoms with van der Waals surface area (Å²) in [7, 11) is 0. The average Bonchev–Trinajstić information content (AvgIpc) is 2.25. The Morgan fingerprint density at radius 3 is 2.92 bits per heavy atom. The second-order valence-electron chi connectivity index (χ2n) is 2.26. The molecule has 58 valence electrons. The molecule has 0 unspecified atom stereocenters. The molecule has 12 heavy (non-hydrogen) atoms. The Balaban J connectivity index is 2.98. The van der Waals surface area contributed by atoms with Gasteiger partial charge in [0.05, 0.1) is 11.7 Å².